The number of rotatable bonds is 7. The molecule has 6 heteroatoms. The minimum Gasteiger partial charge on any atom is -0.497 e. The van der Waals surface area contributed by atoms with Crippen molar-refractivity contribution in [2.75, 3.05) is 7.11 Å². The van der Waals surface area contributed by atoms with Crippen LogP contribution in [0.25, 0.3) is 0 Å². The first-order valence-electron chi connectivity index (χ1n) is 8.37. The molecule has 1 N–H and O–H groups in total. The van der Waals surface area contributed by atoms with Gasteiger partial charge < -0.3 is 19.2 Å². The van der Waals surface area contributed by atoms with E-state index in [1.165, 1.54) is 12.3 Å². The van der Waals surface area contributed by atoms with Crippen LogP contribution in [0.5, 0.6) is 5.75 Å². The Balaban J connectivity index is 1.71. The lowest BCUT2D eigenvalue weighted by molar-refractivity contribution is -0.130. The molecule has 0 aliphatic heterocycles. The normalized spacial score (nSPS) is 11.4. The van der Waals surface area contributed by atoms with Crippen LogP contribution < -0.4 is 10.1 Å². The maximum Gasteiger partial charge on any atom is 0.375 e. The first-order chi connectivity index (χ1) is 13.2. The summed E-state index contributed by atoms with van der Waals surface area (Å²) in [5, 5.41) is 2.80. The van der Waals surface area contributed by atoms with Gasteiger partial charge in [0.25, 0.3) is 5.91 Å². The third kappa shape index (κ3) is 4.76. The number of carbonyl (C=O) groups is 2. The summed E-state index contributed by atoms with van der Waals surface area (Å²) in [6.45, 7) is 0.296. The summed E-state index contributed by atoms with van der Waals surface area (Å²) in [4.78, 5) is 24.9. The third-order valence-corrected chi connectivity index (χ3v) is 3.91. The van der Waals surface area contributed by atoms with Gasteiger partial charge in [-0.1, -0.05) is 42.5 Å². The van der Waals surface area contributed by atoms with Crippen LogP contribution in [0.4, 0.5) is 0 Å². The van der Waals surface area contributed by atoms with E-state index >= 15 is 0 Å². The zero-order chi connectivity index (χ0) is 19.1. The average molecular weight is 365 g/mol. The standard InChI is InChI=1S/C21H19NO5/c1-25-17-11-9-15(10-12-17)14-22-20(23)19(16-6-3-2-4-7-16)27-21(24)18-8-5-13-26-18/h2-13,19H,14H2,1H3,(H,22,23). The summed E-state index contributed by atoms with van der Waals surface area (Å²) in [6, 6.07) is 19.2. The van der Waals surface area contributed by atoms with Gasteiger partial charge in [-0.3, -0.25) is 4.79 Å². The van der Waals surface area contributed by atoms with Crippen molar-refractivity contribution in [2.24, 2.45) is 0 Å². The van der Waals surface area contributed by atoms with E-state index in [0.29, 0.717) is 12.1 Å². The Kier molecular flexibility index (Phi) is 5.89. The highest BCUT2D eigenvalue weighted by Gasteiger charge is 2.26. The number of hydrogen-bond donors (Lipinski definition) is 1. The van der Waals surface area contributed by atoms with Gasteiger partial charge in [0, 0.05) is 12.1 Å². The van der Waals surface area contributed by atoms with Gasteiger partial charge in [-0.2, -0.15) is 0 Å². The highest BCUT2D eigenvalue weighted by atomic mass is 16.6. The third-order valence-electron chi connectivity index (χ3n) is 3.91. The first kappa shape index (κ1) is 18.3. The van der Waals surface area contributed by atoms with E-state index in [1.54, 1.807) is 37.4 Å². The van der Waals surface area contributed by atoms with Gasteiger partial charge >= 0.3 is 5.97 Å². The predicted octanol–water partition coefficient (Wildman–Crippen LogP) is 3.50. The Morgan fingerprint density at radius 1 is 1.00 bits per heavy atom. The van der Waals surface area contributed by atoms with Crippen molar-refractivity contribution in [3.05, 3.63) is 89.9 Å². The minimum atomic E-state index is -1.08. The van der Waals surface area contributed by atoms with Crippen molar-refractivity contribution in [1.29, 1.82) is 0 Å². The lowest BCUT2D eigenvalue weighted by atomic mass is 10.1. The molecule has 3 rings (SSSR count). The van der Waals surface area contributed by atoms with E-state index in [-0.39, 0.29) is 5.76 Å². The highest BCUT2D eigenvalue weighted by molar-refractivity contribution is 5.90. The molecule has 0 radical (unpaired) electrons. The number of furan rings is 1. The molecule has 0 aliphatic rings. The molecule has 3 aromatic rings. The predicted molar refractivity (Wildman–Crippen MR) is 98.1 cm³/mol. The second-order valence-corrected chi connectivity index (χ2v) is 5.74. The van der Waals surface area contributed by atoms with Crippen molar-refractivity contribution < 1.29 is 23.5 Å². The molecule has 27 heavy (non-hydrogen) atoms. The molecule has 1 atom stereocenters. The zero-order valence-corrected chi connectivity index (χ0v) is 14.8. The van der Waals surface area contributed by atoms with E-state index in [0.717, 1.165) is 11.3 Å². The summed E-state index contributed by atoms with van der Waals surface area (Å²) in [5.41, 5.74) is 1.47. The molecule has 1 unspecified atom stereocenters. The van der Waals surface area contributed by atoms with Crippen molar-refractivity contribution in [3.63, 3.8) is 0 Å². The van der Waals surface area contributed by atoms with Gasteiger partial charge in [-0.15, -0.1) is 0 Å². The molecule has 0 saturated carbocycles. The number of hydrogen-bond acceptors (Lipinski definition) is 5. The molecule has 0 spiro atoms. The van der Waals surface area contributed by atoms with Crippen LogP contribution in [0, 0.1) is 0 Å². The molecule has 0 aliphatic carbocycles. The highest BCUT2D eigenvalue weighted by Crippen LogP contribution is 2.20. The van der Waals surface area contributed by atoms with Crippen LogP contribution in [-0.2, 0) is 16.1 Å². The van der Waals surface area contributed by atoms with E-state index in [9.17, 15) is 9.59 Å². The van der Waals surface area contributed by atoms with Crippen LogP contribution in [0.1, 0.15) is 27.8 Å². The molecule has 1 heterocycles. The van der Waals surface area contributed by atoms with Gasteiger partial charge in [-0.25, -0.2) is 4.79 Å². The summed E-state index contributed by atoms with van der Waals surface area (Å²) >= 11 is 0. The fourth-order valence-electron chi connectivity index (χ4n) is 2.49. The van der Waals surface area contributed by atoms with Crippen molar-refractivity contribution in [3.8, 4) is 5.75 Å². The number of methoxy groups -OCH3 is 1. The molecular weight excluding hydrogens is 346 g/mol. The second-order valence-electron chi connectivity index (χ2n) is 5.74. The van der Waals surface area contributed by atoms with Crippen molar-refractivity contribution >= 4 is 11.9 Å². The molecule has 6 nitrogen and oxygen atoms in total. The number of amides is 1. The van der Waals surface area contributed by atoms with E-state index in [1.807, 2.05) is 30.3 Å². The summed E-state index contributed by atoms with van der Waals surface area (Å²) in [6.07, 6.45) is 0.291. The van der Waals surface area contributed by atoms with Crippen LogP contribution in [-0.4, -0.2) is 19.0 Å². The largest absolute Gasteiger partial charge is 0.497 e. The van der Waals surface area contributed by atoms with Crippen molar-refractivity contribution in [1.82, 2.24) is 5.32 Å². The molecule has 0 fully saturated rings. The fourth-order valence-corrected chi connectivity index (χ4v) is 2.49. The Morgan fingerprint density at radius 3 is 2.37 bits per heavy atom. The van der Waals surface area contributed by atoms with Crippen LogP contribution in [0.2, 0.25) is 0 Å². The fraction of sp³-hybridized carbons (Fsp3) is 0.143. The molecule has 138 valence electrons. The Morgan fingerprint density at radius 2 is 1.74 bits per heavy atom. The topological polar surface area (TPSA) is 77.8 Å². The summed E-state index contributed by atoms with van der Waals surface area (Å²) < 4.78 is 15.6. The summed E-state index contributed by atoms with van der Waals surface area (Å²) in [7, 11) is 1.59. The Hall–Kier alpha value is -3.54. The lowest BCUT2D eigenvalue weighted by Crippen LogP contribution is -2.31. The Labute approximate surface area is 156 Å². The number of nitrogens with one attached hydrogen (secondary N) is 1. The minimum absolute atomic E-state index is 0.0406. The van der Waals surface area contributed by atoms with Crippen molar-refractivity contribution in [2.45, 2.75) is 12.6 Å². The quantitative estimate of drug-likeness (QED) is 0.649. The maximum atomic E-state index is 12.7. The van der Waals surface area contributed by atoms with E-state index in [2.05, 4.69) is 5.32 Å². The average Bonchev–Trinajstić information content (AvgIpc) is 3.26. The van der Waals surface area contributed by atoms with Gasteiger partial charge in [-0.05, 0) is 29.8 Å². The maximum absolute atomic E-state index is 12.7. The lowest BCUT2D eigenvalue weighted by Gasteiger charge is -2.17. The van der Waals surface area contributed by atoms with Gasteiger partial charge in [0.1, 0.15) is 5.75 Å². The van der Waals surface area contributed by atoms with E-state index in [4.69, 9.17) is 13.9 Å². The number of esters is 1. The molecular formula is C21H19NO5. The Bertz CT molecular complexity index is 873. The van der Waals surface area contributed by atoms with Gasteiger partial charge in [0.05, 0.1) is 13.4 Å². The van der Waals surface area contributed by atoms with E-state index < -0.39 is 18.0 Å². The first-order valence-corrected chi connectivity index (χ1v) is 8.37. The van der Waals surface area contributed by atoms with Crippen LogP contribution in [0.3, 0.4) is 0 Å². The number of benzene rings is 2. The number of ether oxygens (including phenoxy) is 2. The molecule has 0 bridgehead atoms. The number of carbonyl (C=O) groups excluding carboxylic acids is 2. The summed E-state index contributed by atoms with van der Waals surface area (Å²) in [5.74, 6) is -0.344. The van der Waals surface area contributed by atoms with Gasteiger partial charge in [0.15, 0.2) is 0 Å². The molecule has 1 amide bonds. The zero-order valence-electron chi connectivity index (χ0n) is 14.8. The smallest absolute Gasteiger partial charge is 0.375 e. The van der Waals surface area contributed by atoms with Crippen LogP contribution >= 0.6 is 0 Å². The monoisotopic (exact) mass is 365 g/mol. The SMILES string of the molecule is COc1ccc(CNC(=O)C(OC(=O)c2ccco2)c2ccccc2)cc1. The van der Waals surface area contributed by atoms with Gasteiger partial charge in [0.2, 0.25) is 11.9 Å². The van der Waals surface area contributed by atoms with Crippen LogP contribution in [0.15, 0.2) is 77.4 Å². The molecule has 0 saturated heterocycles. The second kappa shape index (κ2) is 8.71. The molecule has 2 aromatic carbocycles. The molecule has 1 aromatic heterocycles.